The van der Waals surface area contributed by atoms with Crippen LogP contribution in [0, 0.1) is 11.8 Å². The smallest absolute Gasteiger partial charge is 0.433 e. The number of pyridine rings is 1. The third-order valence-electron chi connectivity index (χ3n) is 6.52. The zero-order valence-electron chi connectivity index (χ0n) is 20.2. The van der Waals surface area contributed by atoms with Crippen LogP contribution in [0.2, 0.25) is 10.0 Å². The van der Waals surface area contributed by atoms with Crippen LogP contribution in [0.25, 0.3) is 0 Å². The van der Waals surface area contributed by atoms with Crippen LogP contribution in [0.3, 0.4) is 0 Å². The summed E-state index contributed by atoms with van der Waals surface area (Å²) in [4.78, 5) is 41.5. The minimum Gasteiger partial charge on any atom is -0.481 e. The van der Waals surface area contributed by atoms with E-state index < -0.39 is 78.7 Å². The number of ketones is 1. The van der Waals surface area contributed by atoms with Crippen molar-refractivity contribution >= 4 is 40.9 Å². The Kier molecular flexibility index (Phi) is 9.20. The molecule has 16 heteroatoms. The van der Waals surface area contributed by atoms with Crippen LogP contribution in [0.1, 0.15) is 65.1 Å². The topological polar surface area (TPSA) is 105 Å². The van der Waals surface area contributed by atoms with E-state index in [-0.39, 0.29) is 34.9 Å². The van der Waals surface area contributed by atoms with Crippen LogP contribution in [0.4, 0.5) is 26.3 Å². The Morgan fingerprint density at radius 1 is 1.08 bits per heavy atom. The second-order valence-corrected chi connectivity index (χ2v) is 10.0. The van der Waals surface area contributed by atoms with Gasteiger partial charge in [-0.3, -0.25) is 24.0 Å². The number of carbonyl (C=O) groups is 3. The second kappa shape index (κ2) is 11.7. The van der Waals surface area contributed by atoms with E-state index in [1.807, 2.05) is 0 Å². The van der Waals surface area contributed by atoms with Gasteiger partial charge in [-0.05, 0) is 25.2 Å². The number of nitrogens with zero attached hydrogens (tertiary/aromatic N) is 4. The highest BCUT2D eigenvalue weighted by molar-refractivity contribution is 6.39. The summed E-state index contributed by atoms with van der Waals surface area (Å²) in [6.45, 7) is -0.604. The van der Waals surface area contributed by atoms with Crippen LogP contribution < -0.4 is 0 Å². The molecule has 0 bridgehead atoms. The molecule has 214 valence electrons. The van der Waals surface area contributed by atoms with Gasteiger partial charge in [0, 0.05) is 18.9 Å². The fraction of sp³-hybridized carbons (Fsp3) is 0.522. The van der Waals surface area contributed by atoms with E-state index in [0.717, 1.165) is 12.4 Å². The molecular formula is C23H22Cl2F6N4O4. The molecule has 1 saturated carbocycles. The summed E-state index contributed by atoms with van der Waals surface area (Å²) in [5, 5.41) is 12.5. The van der Waals surface area contributed by atoms with Gasteiger partial charge < -0.3 is 10.0 Å². The zero-order valence-corrected chi connectivity index (χ0v) is 21.7. The van der Waals surface area contributed by atoms with Gasteiger partial charge in [0.1, 0.15) is 0 Å². The van der Waals surface area contributed by atoms with Gasteiger partial charge in [0.15, 0.2) is 11.5 Å². The molecule has 0 radical (unpaired) electrons. The van der Waals surface area contributed by atoms with Gasteiger partial charge in [-0.25, -0.2) is 0 Å². The molecule has 39 heavy (non-hydrogen) atoms. The number of hydrogen-bond donors (Lipinski definition) is 1. The number of aromatic nitrogens is 3. The molecule has 2 heterocycles. The highest BCUT2D eigenvalue weighted by atomic mass is 35.5. The van der Waals surface area contributed by atoms with Crippen LogP contribution in [0.15, 0.2) is 18.6 Å². The van der Waals surface area contributed by atoms with Gasteiger partial charge in [-0.1, -0.05) is 30.1 Å². The highest BCUT2D eigenvalue weighted by Gasteiger charge is 2.44. The first-order valence-corrected chi connectivity index (χ1v) is 12.3. The van der Waals surface area contributed by atoms with Gasteiger partial charge in [0.2, 0.25) is 0 Å². The number of carboxylic acid groups (broad SMARTS) is 1. The fourth-order valence-electron chi connectivity index (χ4n) is 4.65. The van der Waals surface area contributed by atoms with Crippen molar-refractivity contribution in [3.8, 4) is 0 Å². The van der Waals surface area contributed by atoms with Crippen molar-refractivity contribution in [2.45, 2.75) is 51.0 Å². The van der Waals surface area contributed by atoms with Crippen molar-refractivity contribution in [2.24, 2.45) is 11.8 Å². The average molecular weight is 603 g/mol. The van der Waals surface area contributed by atoms with Gasteiger partial charge in [-0.2, -0.15) is 31.4 Å². The zero-order chi connectivity index (χ0) is 29.3. The SMILES string of the molecule is C[C@H]1C[C@H](n2ncc(C(=O)N(CCC(F)(F)F)CC(=O)c3c(Cl)cncc3Cl)c2C(F)(F)F)CCC1C(=O)O. The first kappa shape index (κ1) is 30.7. The molecule has 1 N–H and O–H groups in total. The molecule has 2 aromatic rings. The molecule has 8 nitrogen and oxygen atoms in total. The lowest BCUT2D eigenvalue weighted by molar-refractivity contribution is -0.149. The average Bonchev–Trinajstić information content (AvgIpc) is 3.26. The van der Waals surface area contributed by atoms with Crippen molar-refractivity contribution in [3.63, 3.8) is 0 Å². The van der Waals surface area contributed by atoms with E-state index in [4.69, 9.17) is 23.2 Å². The van der Waals surface area contributed by atoms with E-state index in [9.17, 15) is 45.8 Å². The van der Waals surface area contributed by atoms with Crippen LogP contribution in [-0.4, -0.2) is 61.7 Å². The van der Waals surface area contributed by atoms with E-state index in [1.54, 1.807) is 6.92 Å². The third kappa shape index (κ3) is 7.21. The molecular weight excluding hydrogens is 581 g/mol. The predicted molar refractivity (Wildman–Crippen MR) is 126 cm³/mol. The Bertz CT molecular complexity index is 1230. The van der Waals surface area contributed by atoms with Gasteiger partial charge in [0.05, 0.1) is 52.3 Å². The lowest BCUT2D eigenvalue weighted by Crippen LogP contribution is -2.39. The predicted octanol–water partition coefficient (Wildman–Crippen LogP) is 5.94. The number of aliphatic carboxylic acids is 1. The van der Waals surface area contributed by atoms with Crippen molar-refractivity contribution in [3.05, 3.63) is 45.5 Å². The molecule has 1 aliphatic rings. The van der Waals surface area contributed by atoms with Gasteiger partial charge >= 0.3 is 18.3 Å². The number of Topliss-reactive ketones (excluding diaryl/α,β-unsaturated/α-hetero) is 1. The van der Waals surface area contributed by atoms with Crippen LogP contribution >= 0.6 is 23.2 Å². The molecule has 3 atom stereocenters. The minimum absolute atomic E-state index is 0.0185. The Balaban J connectivity index is 1.98. The maximum absolute atomic E-state index is 14.2. The monoisotopic (exact) mass is 602 g/mol. The largest absolute Gasteiger partial charge is 0.481 e. The van der Waals surface area contributed by atoms with Crippen molar-refractivity contribution < 1.29 is 45.8 Å². The summed E-state index contributed by atoms with van der Waals surface area (Å²) in [5.74, 6) is -4.85. The maximum atomic E-state index is 14.2. The van der Waals surface area contributed by atoms with Gasteiger partial charge in [-0.15, -0.1) is 0 Å². The number of rotatable bonds is 8. The minimum atomic E-state index is -5.15. The number of carboxylic acids is 1. The first-order valence-electron chi connectivity index (χ1n) is 11.6. The lowest BCUT2D eigenvalue weighted by atomic mass is 9.78. The fourth-order valence-corrected chi connectivity index (χ4v) is 5.22. The summed E-state index contributed by atoms with van der Waals surface area (Å²) in [7, 11) is 0. The molecule has 1 aliphatic carbocycles. The number of alkyl halides is 6. The van der Waals surface area contributed by atoms with E-state index >= 15 is 0 Å². The molecule has 1 amide bonds. The van der Waals surface area contributed by atoms with E-state index in [1.165, 1.54) is 0 Å². The molecule has 0 spiro atoms. The van der Waals surface area contributed by atoms with Crippen molar-refractivity contribution in [2.75, 3.05) is 13.1 Å². The standard InChI is InChI=1S/C23H22Cl2F6N4O4/c1-11-6-12(2-3-13(11)21(38)39)35-19(23(29,30)31)14(7-33-35)20(37)34(5-4-22(26,27)28)10-17(36)18-15(24)8-32-9-16(18)25/h7-9,11-13H,2-6,10H2,1H3,(H,38,39)/t11-,12+,13?/m0/s1. The number of hydrogen-bond acceptors (Lipinski definition) is 5. The highest BCUT2D eigenvalue weighted by Crippen LogP contribution is 2.41. The Morgan fingerprint density at radius 3 is 2.21 bits per heavy atom. The van der Waals surface area contributed by atoms with E-state index in [2.05, 4.69) is 10.1 Å². The summed E-state index contributed by atoms with van der Waals surface area (Å²) in [5.41, 5.74) is -2.89. The molecule has 1 unspecified atom stereocenters. The van der Waals surface area contributed by atoms with Crippen LogP contribution in [0.5, 0.6) is 0 Å². The molecule has 0 aliphatic heterocycles. The van der Waals surface area contributed by atoms with Crippen molar-refractivity contribution in [1.29, 1.82) is 0 Å². The van der Waals surface area contributed by atoms with E-state index in [0.29, 0.717) is 15.8 Å². The summed E-state index contributed by atoms with van der Waals surface area (Å²) >= 11 is 11.8. The lowest BCUT2D eigenvalue weighted by Gasteiger charge is -2.33. The number of halogens is 8. The third-order valence-corrected chi connectivity index (χ3v) is 7.09. The van der Waals surface area contributed by atoms with Crippen LogP contribution in [-0.2, 0) is 11.0 Å². The molecule has 2 aromatic heterocycles. The number of amides is 1. The maximum Gasteiger partial charge on any atom is 0.433 e. The molecule has 3 rings (SSSR count). The first-order chi connectivity index (χ1) is 18.0. The summed E-state index contributed by atoms with van der Waals surface area (Å²) in [6, 6.07) is -0.909. The molecule has 0 saturated heterocycles. The Labute approximate surface area is 227 Å². The normalized spacial score (nSPS) is 20.1. The molecule has 1 fully saturated rings. The Hall–Kier alpha value is -2.87. The van der Waals surface area contributed by atoms with Gasteiger partial charge in [0.25, 0.3) is 5.91 Å². The molecule has 0 aromatic carbocycles. The summed E-state index contributed by atoms with van der Waals surface area (Å²) < 4.78 is 82.2. The van der Waals surface area contributed by atoms with Crippen molar-refractivity contribution in [1.82, 2.24) is 19.7 Å². The number of carbonyl (C=O) groups excluding carboxylic acids is 2. The second-order valence-electron chi connectivity index (χ2n) is 9.23. The summed E-state index contributed by atoms with van der Waals surface area (Å²) in [6.07, 6.45) is -8.76. The Morgan fingerprint density at radius 2 is 1.69 bits per heavy atom. The quantitative estimate of drug-likeness (QED) is 0.296.